The molecule has 2 N–H and O–H groups in total. The highest BCUT2D eigenvalue weighted by molar-refractivity contribution is 7.89. The van der Waals surface area contributed by atoms with Crippen LogP contribution in [-0.4, -0.2) is 19.9 Å². The maximum absolute atomic E-state index is 11.9. The molecule has 0 amide bonds. The van der Waals surface area contributed by atoms with Crippen LogP contribution in [0.2, 0.25) is 0 Å². The van der Waals surface area contributed by atoms with Gasteiger partial charge in [0.05, 0.1) is 10.9 Å². The van der Waals surface area contributed by atoms with Gasteiger partial charge in [0, 0.05) is 23.3 Å². The van der Waals surface area contributed by atoms with Gasteiger partial charge in [-0.25, -0.2) is 18.1 Å². The van der Waals surface area contributed by atoms with Gasteiger partial charge in [-0.05, 0) is 38.1 Å². The topological polar surface area (TPSA) is 71.1 Å². The van der Waals surface area contributed by atoms with Gasteiger partial charge in [-0.2, -0.15) is 0 Å². The number of nitrogens with zero attached hydrogens (tertiary/aromatic N) is 1. The summed E-state index contributed by atoms with van der Waals surface area (Å²) >= 11 is 1.61. The van der Waals surface area contributed by atoms with Crippen LogP contribution >= 0.6 is 11.3 Å². The third kappa shape index (κ3) is 4.03. The summed E-state index contributed by atoms with van der Waals surface area (Å²) in [7, 11) is -3.39. The first-order chi connectivity index (χ1) is 9.92. The lowest BCUT2D eigenvalue weighted by atomic mass is 10.3. The summed E-state index contributed by atoms with van der Waals surface area (Å²) < 4.78 is 26.2. The summed E-state index contributed by atoms with van der Waals surface area (Å²) in [6, 6.07) is 6.81. The van der Waals surface area contributed by atoms with Crippen LogP contribution in [0, 0.1) is 6.92 Å². The van der Waals surface area contributed by atoms with Crippen LogP contribution in [0.15, 0.2) is 34.5 Å². The van der Waals surface area contributed by atoms with Crippen LogP contribution < -0.4 is 10.0 Å². The van der Waals surface area contributed by atoms with Crippen LogP contribution in [0.5, 0.6) is 0 Å². The zero-order valence-electron chi connectivity index (χ0n) is 12.3. The Bertz CT molecular complexity index is 693. The first kappa shape index (κ1) is 15.9. The fourth-order valence-corrected chi connectivity index (χ4v) is 3.73. The number of hydrogen-bond donors (Lipinski definition) is 2. The molecule has 1 aromatic carbocycles. The Balaban J connectivity index is 2.09. The molecule has 5 nitrogen and oxygen atoms in total. The van der Waals surface area contributed by atoms with Crippen molar-refractivity contribution in [2.45, 2.75) is 31.7 Å². The Morgan fingerprint density at radius 2 is 1.95 bits per heavy atom. The summed E-state index contributed by atoms with van der Waals surface area (Å²) in [5.74, 6) is 0. The van der Waals surface area contributed by atoms with E-state index in [2.05, 4.69) is 15.0 Å². The third-order valence-corrected chi connectivity index (χ3v) is 5.60. The Hall–Kier alpha value is -1.44. The van der Waals surface area contributed by atoms with Crippen LogP contribution in [0.25, 0.3) is 0 Å². The van der Waals surface area contributed by atoms with E-state index in [0.29, 0.717) is 6.54 Å². The molecule has 0 bridgehead atoms. The van der Waals surface area contributed by atoms with Gasteiger partial charge in [0.25, 0.3) is 0 Å². The van der Waals surface area contributed by atoms with Crippen LogP contribution in [0.3, 0.4) is 0 Å². The summed E-state index contributed by atoms with van der Waals surface area (Å²) in [6.45, 7) is 6.13. The zero-order chi connectivity index (χ0) is 15.5. The quantitative estimate of drug-likeness (QED) is 0.856. The van der Waals surface area contributed by atoms with Crippen molar-refractivity contribution in [1.82, 2.24) is 9.71 Å². The Labute approximate surface area is 129 Å². The van der Waals surface area contributed by atoms with E-state index < -0.39 is 10.0 Å². The van der Waals surface area contributed by atoms with E-state index >= 15 is 0 Å². The Morgan fingerprint density at radius 1 is 1.29 bits per heavy atom. The summed E-state index contributed by atoms with van der Waals surface area (Å²) in [5.41, 5.74) is 1.88. The first-order valence-corrected chi connectivity index (χ1v) is 9.07. The Kier molecular flexibility index (Phi) is 4.97. The highest BCUT2D eigenvalue weighted by Gasteiger charge is 2.13. The lowest BCUT2D eigenvalue weighted by molar-refractivity contribution is 0.584. The van der Waals surface area contributed by atoms with Gasteiger partial charge in [-0.3, -0.25) is 0 Å². The molecule has 1 atom stereocenters. The van der Waals surface area contributed by atoms with E-state index in [1.165, 1.54) is 0 Å². The van der Waals surface area contributed by atoms with Gasteiger partial charge in [-0.1, -0.05) is 6.92 Å². The second kappa shape index (κ2) is 6.55. The molecule has 114 valence electrons. The second-order valence-electron chi connectivity index (χ2n) is 4.72. The SMILES string of the molecule is CCNS(=O)(=O)c1ccc(NC(C)c2nc(C)cs2)cc1. The molecular weight excluding hydrogens is 306 g/mol. The molecule has 0 spiro atoms. The summed E-state index contributed by atoms with van der Waals surface area (Å²) in [5, 5.41) is 6.34. The smallest absolute Gasteiger partial charge is 0.240 e. The van der Waals surface area contributed by atoms with Gasteiger partial charge in [-0.15, -0.1) is 11.3 Å². The summed E-state index contributed by atoms with van der Waals surface area (Å²) in [6.07, 6.45) is 0. The number of anilines is 1. The fourth-order valence-electron chi connectivity index (χ4n) is 1.89. The standard InChI is InChI=1S/C14H19N3O2S2/c1-4-15-21(18,19)13-7-5-12(6-8-13)17-11(3)14-16-10(2)9-20-14/h5-9,11,15,17H,4H2,1-3H3. The monoisotopic (exact) mass is 325 g/mol. The molecule has 21 heavy (non-hydrogen) atoms. The molecule has 1 heterocycles. The number of hydrogen-bond acceptors (Lipinski definition) is 5. The van der Waals surface area contributed by atoms with Crippen molar-refractivity contribution in [2.75, 3.05) is 11.9 Å². The minimum absolute atomic E-state index is 0.0833. The molecule has 1 unspecified atom stereocenters. The fraction of sp³-hybridized carbons (Fsp3) is 0.357. The molecule has 0 aliphatic heterocycles. The molecule has 0 aliphatic rings. The van der Waals surface area contributed by atoms with Gasteiger partial charge < -0.3 is 5.32 Å². The van der Waals surface area contributed by atoms with E-state index in [1.54, 1.807) is 42.5 Å². The van der Waals surface area contributed by atoms with Crippen molar-refractivity contribution >= 4 is 27.0 Å². The minimum Gasteiger partial charge on any atom is -0.376 e. The zero-order valence-corrected chi connectivity index (χ0v) is 13.9. The van der Waals surface area contributed by atoms with E-state index in [-0.39, 0.29) is 10.9 Å². The minimum atomic E-state index is -3.39. The molecule has 0 saturated carbocycles. The first-order valence-electron chi connectivity index (χ1n) is 6.70. The number of nitrogens with one attached hydrogen (secondary N) is 2. The van der Waals surface area contributed by atoms with Crippen molar-refractivity contribution in [2.24, 2.45) is 0 Å². The van der Waals surface area contributed by atoms with E-state index in [9.17, 15) is 8.42 Å². The molecule has 2 rings (SSSR count). The molecule has 1 aromatic heterocycles. The van der Waals surface area contributed by atoms with Crippen molar-refractivity contribution < 1.29 is 8.42 Å². The highest BCUT2D eigenvalue weighted by atomic mass is 32.2. The van der Waals surface area contributed by atoms with Gasteiger partial charge in [0.1, 0.15) is 5.01 Å². The largest absolute Gasteiger partial charge is 0.376 e. The highest BCUT2D eigenvalue weighted by Crippen LogP contribution is 2.23. The maximum Gasteiger partial charge on any atom is 0.240 e. The van der Waals surface area contributed by atoms with Crippen molar-refractivity contribution in [3.8, 4) is 0 Å². The van der Waals surface area contributed by atoms with Crippen LogP contribution in [0.4, 0.5) is 5.69 Å². The maximum atomic E-state index is 11.9. The van der Waals surface area contributed by atoms with Crippen molar-refractivity contribution in [3.05, 3.63) is 40.3 Å². The number of benzene rings is 1. The lowest BCUT2D eigenvalue weighted by Crippen LogP contribution is -2.23. The normalized spacial score (nSPS) is 13.1. The average Bonchev–Trinajstić information content (AvgIpc) is 2.86. The predicted molar refractivity (Wildman–Crippen MR) is 86.2 cm³/mol. The predicted octanol–water partition coefficient (Wildman–Crippen LogP) is 2.92. The number of thiazole rings is 1. The summed E-state index contributed by atoms with van der Waals surface area (Å²) in [4.78, 5) is 4.71. The molecule has 7 heteroatoms. The van der Waals surface area contributed by atoms with Crippen LogP contribution in [-0.2, 0) is 10.0 Å². The molecular formula is C14H19N3O2S2. The molecule has 0 saturated heterocycles. The van der Waals surface area contributed by atoms with Crippen molar-refractivity contribution in [1.29, 1.82) is 0 Å². The third-order valence-electron chi connectivity index (χ3n) is 2.89. The Morgan fingerprint density at radius 3 is 2.48 bits per heavy atom. The number of aromatic nitrogens is 1. The van der Waals surface area contributed by atoms with E-state index in [1.807, 2.05) is 19.2 Å². The lowest BCUT2D eigenvalue weighted by Gasteiger charge is -2.13. The van der Waals surface area contributed by atoms with E-state index in [0.717, 1.165) is 16.4 Å². The van der Waals surface area contributed by atoms with Gasteiger partial charge >= 0.3 is 0 Å². The average molecular weight is 325 g/mol. The molecule has 0 fully saturated rings. The van der Waals surface area contributed by atoms with Gasteiger partial charge in [0.2, 0.25) is 10.0 Å². The van der Waals surface area contributed by atoms with Crippen molar-refractivity contribution in [3.63, 3.8) is 0 Å². The number of rotatable bonds is 6. The van der Waals surface area contributed by atoms with Crippen LogP contribution in [0.1, 0.15) is 30.6 Å². The van der Waals surface area contributed by atoms with E-state index in [4.69, 9.17) is 0 Å². The number of aryl methyl sites for hydroxylation is 1. The molecule has 0 aliphatic carbocycles. The molecule has 0 radical (unpaired) electrons. The molecule has 2 aromatic rings. The number of sulfonamides is 1. The van der Waals surface area contributed by atoms with Gasteiger partial charge in [0.15, 0.2) is 0 Å². The second-order valence-corrected chi connectivity index (χ2v) is 7.38.